The number of piperidine rings is 2. The lowest BCUT2D eigenvalue weighted by Gasteiger charge is -2.44. The van der Waals surface area contributed by atoms with Gasteiger partial charge in [-0.15, -0.1) is 0 Å². The van der Waals surface area contributed by atoms with Crippen LogP contribution in [0.2, 0.25) is 0 Å². The number of hydrogen-bond acceptors (Lipinski definition) is 4. The Morgan fingerprint density at radius 1 is 1.10 bits per heavy atom. The normalized spacial score (nSPS) is 20.3. The molecule has 1 amide bonds. The van der Waals surface area contributed by atoms with E-state index < -0.39 is 5.41 Å². The molecule has 2 fully saturated rings. The van der Waals surface area contributed by atoms with Gasteiger partial charge < -0.3 is 14.5 Å². The SMILES string of the molecule is CCOC(=O)N1CCC(N2CCC(C#N)(c3cccc4ccccc34)CC2)CC1. The summed E-state index contributed by atoms with van der Waals surface area (Å²) in [5.41, 5.74) is 0.762. The minimum Gasteiger partial charge on any atom is -0.450 e. The van der Waals surface area contributed by atoms with E-state index in [-0.39, 0.29) is 6.09 Å². The molecule has 2 aliphatic heterocycles. The molecule has 2 aromatic carbocycles. The Morgan fingerprint density at radius 2 is 1.79 bits per heavy atom. The fourth-order valence-electron chi connectivity index (χ4n) is 4.98. The summed E-state index contributed by atoms with van der Waals surface area (Å²) in [6.07, 6.45) is 3.48. The van der Waals surface area contributed by atoms with Crippen molar-refractivity contribution in [2.45, 2.75) is 44.1 Å². The Labute approximate surface area is 172 Å². The number of carbonyl (C=O) groups excluding carboxylic acids is 1. The maximum Gasteiger partial charge on any atom is 0.409 e. The van der Waals surface area contributed by atoms with Crippen LogP contribution in [0.4, 0.5) is 4.79 Å². The molecular weight excluding hydrogens is 362 g/mol. The van der Waals surface area contributed by atoms with Crippen LogP contribution in [0.25, 0.3) is 10.8 Å². The van der Waals surface area contributed by atoms with Crippen LogP contribution < -0.4 is 0 Å². The number of rotatable bonds is 3. The van der Waals surface area contributed by atoms with E-state index in [1.165, 1.54) is 16.3 Å². The minimum atomic E-state index is -0.414. The first-order valence-corrected chi connectivity index (χ1v) is 10.7. The average Bonchev–Trinajstić information content (AvgIpc) is 2.79. The van der Waals surface area contributed by atoms with E-state index in [0.29, 0.717) is 12.6 Å². The van der Waals surface area contributed by atoms with Crippen molar-refractivity contribution >= 4 is 16.9 Å². The summed E-state index contributed by atoms with van der Waals surface area (Å²) in [4.78, 5) is 16.3. The van der Waals surface area contributed by atoms with Crippen molar-refractivity contribution in [3.05, 3.63) is 48.0 Å². The van der Waals surface area contributed by atoms with E-state index in [1.54, 1.807) is 0 Å². The van der Waals surface area contributed by atoms with E-state index in [0.717, 1.165) is 51.9 Å². The molecule has 0 unspecified atom stereocenters. The first-order valence-electron chi connectivity index (χ1n) is 10.7. The first kappa shape index (κ1) is 19.7. The summed E-state index contributed by atoms with van der Waals surface area (Å²) in [6.45, 7) is 5.65. The third-order valence-corrected chi connectivity index (χ3v) is 6.68. The van der Waals surface area contributed by atoms with E-state index in [9.17, 15) is 10.1 Å². The first-order chi connectivity index (χ1) is 14.2. The van der Waals surface area contributed by atoms with Crippen LogP contribution in [0.1, 0.15) is 38.2 Å². The third kappa shape index (κ3) is 3.82. The second-order valence-corrected chi connectivity index (χ2v) is 8.17. The van der Waals surface area contributed by atoms with Crippen LogP contribution >= 0.6 is 0 Å². The molecule has 5 nitrogen and oxygen atoms in total. The molecule has 4 rings (SSSR count). The van der Waals surface area contributed by atoms with E-state index in [2.05, 4.69) is 53.4 Å². The van der Waals surface area contributed by atoms with Crippen molar-refractivity contribution < 1.29 is 9.53 Å². The smallest absolute Gasteiger partial charge is 0.409 e. The summed E-state index contributed by atoms with van der Waals surface area (Å²) < 4.78 is 5.13. The van der Waals surface area contributed by atoms with Crippen LogP contribution in [0.5, 0.6) is 0 Å². The number of carbonyl (C=O) groups is 1. The maximum absolute atomic E-state index is 11.9. The number of benzene rings is 2. The van der Waals surface area contributed by atoms with Gasteiger partial charge in [0.15, 0.2) is 0 Å². The van der Waals surface area contributed by atoms with Crippen LogP contribution in [0.15, 0.2) is 42.5 Å². The van der Waals surface area contributed by atoms with Crippen LogP contribution in [0, 0.1) is 11.3 Å². The Bertz CT molecular complexity index is 898. The summed E-state index contributed by atoms with van der Waals surface area (Å²) in [6, 6.07) is 17.9. The summed E-state index contributed by atoms with van der Waals surface area (Å²) in [5, 5.41) is 12.6. The highest BCUT2D eigenvalue weighted by Gasteiger charge is 2.39. The zero-order valence-corrected chi connectivity index (χ0v) is 17.1. The Morgan fingerprint density at radius 3 is 2.48 bits per heavy atom. The number of ether oxygens (including phenoxy) is 1. The van der Waals surface area contributed by atoms with Gasteiger partial charge in [0.2, 0.25) is 0 Å². The Balaban J connectivity index is 1.43. The van der Waals surface area contributed by atoms with Gasteiger partial charge in [0.25, 0.3) is 0 Å². The van der Waals surface area contributed by atoms with E-state index in [4.69, 9.17) is 4.74 Å². The zero-order valence-electron chi connectivity index (χ0n) is 17.1. The molecule has 0 radical (unpaired) electrons. The van der Waals surface area contributed by atoms with Crippen molar-refractivity contribution in [2.75, 3.05) is 32.8 Å². The lowest BCUT2D eigenvalue weighted by molar-refractivity contribution is 0.0619. The lowest BCUT2D eigenvalue weighted by Crippen LogP contribution is -2.51. The predicted molar refractivity (Wildman–Crippen MR) is 114 cm³/mol. The van der Waals surface area contributed by atoms with Crippen molar-refractivity contribution in [1.82, 2.24) is 9.80 Å². The van der Waals surface area contributed by atoms with Gasteiger partial charge in [0, 0.05) is 32.2 Å². The standard InChI is InChI=1S/C24H29N3O2/c1-2-29-23(28)27-14-10-20(11-15-27)26-16-12-24(18-25,13-17-26)22-9-5-7-19-6-3-4-8-21(19)22/h3-9,20H,2,10-17H2,1H3. The molecule has 2 saturated heterocycles. The van der Waals surface area contributed by atoms with Crippen LogP contribution in [-0.4, -0.2) is 54.7 Å². The van der Waals surface area contributed by atoms with Gasteiger partial charge in [-0.05, 0) is 48.9 Å². The topological polar surface area (TPSA) is 56.6 Å². The average molecular weight is 392 g/mol. The van der Waals surface area contributed by atoms with Gasteiger partial charge in [0.1, 0.15) is 0 Å². The van der Waals surface area contributed by atoms with Crippen LogP contribution in [0.3, 0.4) is 0 Å². The molecule has 152 valence electrons. The maximum atomic E-state index is 11.9. The van der Waals surface area contributed by atoms with Gasteiger partial charge in [-0.25, -0.2) is 4.79 Å². The van der Waals surface area contributed by atoms with Crippen molar-refractivity contribution in [1.29, 1.82) is 5.26 Å². The molecule has 0 aliphatic carbocycles. The summed E-state index contributed by atoms with van der Waals surface area (Å²) >= 11 is 0. The van der Waals surface area contributed by atoms with Crippen LogP contribution in [-0.2, 0) is 10.2 Å². The number of amides is 1. The molecule has 2 heterocycles. The highest BCUT2D eigenvalue weighted by molar-refractivity contribution is 5.87. The number of hydrogen-bond donors (Lipinski definition) is 0. The van der Waals surface area contributed by atoms with Gasteiger partial charge in [-0.1, -0.05) is 42.5 Å². The summed E-state index contributed by atoms with van der Waals surface area (Å²) in [5.74, 6) is 0. The fraction of sp³-hybridized carbons (Fsp3) is 0.500. The monoisotopic (exact) mass is 391 g/mol. The van der Waals surface area contributed by atoms with Crippen molar-refractivity contribution in [2.24, 2.45) is 0 Å². The number of nitrogens with zero attached hydrogens (tertiary/aromatic N) is 3. The molecule has 0 bridgehead atoms. The van der Waals surface area contributed by atoms with Gasteiger partial charge in [-0.3, -0.25) is 0 Å². The fourth-order valence-corrected chi connectivity index (χ4v) is 4.98. The molecule has 29 heavy (non-hydrogen) atoms. The van der Waals surface area contributed by atoms with Crippen molar-refractivity contribution in [3.63, 3.8) is 0 Å². The molecule has 2 aliphatic rings. The predicted octanol–water partition coefficient (Wildman–Crippen LogP) is 4.32. The highest BCUT2D eigenvalue weighted by Crippen LogP contribution is 2.39. The molecule has 0 saturated carbocycles. The largest absolute Gasteiger partial charge is 0.450 e. The summed E-state index contributed by atoms with van der Waals surface area (Å²) in [7, 11) is 0. The molecule has 5 heteroatoms. The molecule has 0 aromatic heterocycles. The third-order valence-electron chi connectivity index (χ3n) is 6.68. The highest BCUT2D eigenvalue weighted by atomic mass is 16.6. The Hall–Kier alpha value is -2.58. The van der Waals surface area contributed by atoms with Gasteiger partial charge in [-0.2, -0.15) is 5.26 Å². The lowest BCUT2D eigenvalue weighted by atomic mass is 9.72. The molecular formula is C24H29N3O2. The number of fused-ring (bicyclic) bond motifs is 1. The zero-order chi connectivity index (χ0) is 20.3. The second-order valence-electron chi connectivity index (χ2n) is 8.17. The van der Waals surface area contributed by atoms with Gasteiger partial charge in [0.05, 0.1) is 18.1 Å². The number of nitriles is 1. The molecule has 0 spiro atoms. The molecule has 0 N–H and O–H groups in total. The minimum absolute atomic E-state index is 0.191. The number of likely N-dealkylation sites (tertiary alicyclic amines) is 2. The quantitative estimate of drug-likeness (QED) is 0.782. The van der Waals surface area contributed by atoms with E-state index in [1.807, 2.05) is 11.8 Å². The molecule has 0 atom stereocenters. The second kappa shape index (κ2) is 8.42. The van der Waals surface area contributed by atoms with E-state index >= 15 is 0 Å². The Kier molecular flexibility index (Phi) is 5.73. The van der Waals surface area contributed by atoms with Gasteiger partial charge >= 0.3 is 6.09 Å². The molecule has 2 aromatic rings. The van der Waals surface area contributed by atoms with Crippen molar-refractivity contribution in [3.8, 4) is 6.07 Å².